The molecule has 1 fully saturated rings. The lowest BCUT2D eigenvalue weighted by Gasteiger charge is -2.24. The standard InChI is InChI=1S/C16H16ClN3O2S/c1-10-11(9-23-18-10)15(21)19(2)14-7-8-20(16(14)22)13-6-4-3-5-12(13)17/h3-6,9,14H,7-8H2,1-2H3. The van der Waals surface area contributed by atoms with Gasteiger partial charge in [-0.3, -0.25) is 9.59 Å². The number of hydrogen-bond donors (Lipinski definition) is 0. The van der Waals surface area contributed by atoms with Crippen LogP contribution in [0, 0.1) is 6.92 Å². The van der Waals surface area contributed by atoms with Crippen molar-refractivity contribution in [2.24, 2.45) is 0 Å². The monoisotopic (exact) mass is 349 g/mol. The van der Waals surface area contributed by atoms with Crippen LogP contribution in [0.2, 0.25) is 5.02 Å². The molecule has 2 heterocycles. The second-order valence-electron chi connectivity index (χ2n) is 5.48. The number of carbonyl (C=O) groups excluding carboxylic acids is 2. The van der Waals surface area contributed by atoms with Crippen LogP contribution < -0.4 is 4.90 Å². The minimum Gasteiger partial charge on any atom is -0.330 e. The molecule has 1 atom stereocenters. The molecule has 1 aliphatic heterocycles. The number of aromatic nitrogens is 1. The van der Waals surface area contributed by atoms with Gasteiger partial charge in [0, 0.05) is 19.0 Å². The number of rotatable bonds is 3. The molecule has 120 valence electrons. The van der Waals surface area contributed by atoms with Crippen molar-refractivity contribution in [3.63, 3.8) is 0 Å². The number of halogens is 1. The third-order valence-electron chi connectivity index (χ3n) is 4.09. The zero-order valence-corrected chi connectivity index (χ0v) is 14.4. The van der Waals surface area contributed by atoms with E-state index in [2.05, 4.69) is 4.37 Å². The molecule has 5 nitrogen and oxygen atoms in total. The van der Waals surface area contributed by atoms with Gasteiger partial charge in [-0.25, -0.2) is 0 Å². The molecular formula is C16H16ClN3O2S. The fourth-order valence-electron chi connectivity index (χ4n) is 2.76. The number of hydrogen-bond acceptors (Lipinski definition) is 4. The highest BCUT2D eigenvalue weighted by molar-refractivity contribution is 7.03. The second kappa shape index (κ2) is 6.29. The van der Waals surface area contributed by atoms with Gasteiger partial charge in [-0.1, -0.05) is 23.7 Å². The summed E-state index contributed by atoms with van der Waals surface area (Å²) >= 11 is 7.42. The maximum atomic E-state index is 12.7. The Morgan fingerprint density at radius 3 is 2.83 bits per heavy atom. The first kappa shape index (κ1) is 16.0. The summed E-state index contributed by atoms with van der Waals surface area (Å²) in [5.74, 6) is -0.273. The van der Waals surface area contributed by atoms with Crippen LogP contribution in [0.4, 0.5) is 5.69 Å². The highest BCUT2D eigenvalue weighted by atomic mass is 35.5. The molecule has 0 radical (unpaired) electrons. The van der Waals surface area contributed by atoms with Gasteiger partial charge in [0.1, 0.15) is 6.04 Å². The van der Waals surface area contributed by atoms with Gasteiger partial charge in [0.25, 0.3) is 5.91 Å². The molecule has 0 saturated carbocycles. The molecular weight excluding hydrogens is 334 g/mol. The van der Waals surface area contributed by atoms with Crippen molar-refractivity contribution in [3.8, 4) is 0 Å². The summed E-state index contributed by atoms with van der Waals surface area (Å²) in [6.07, 6.45) is 0.586. The molecule has 1 saturated heterocycles. The van der Waals surface area contributed by atoms with Crippen molar-refractivity contribution in [3.05, 3.63) is 45.9 Å². The van der Waals surface area contributed by atoms with Crippen molar-refractivity contribution in [1.82, 2.24) is 9.27 Å². The van der Waals surface area contributed by atoms with Gasteiger partial charge >= 0.3 is 0 Å². The second-order valence-corrected chi connectivity index (χ2v) is 6.51. The number of para-hydroxylation sites is 1. The fraction of sp³-hybridized carbons (Fsp3) is 0.312. The Bertz CT molecular complexity index is 761. The Hall–Kier alpha value is -1.92. The Labute approximate surface area is 143 Å². The normalized spacial score (nSPS) is 17.6. The Balaban J connectivity index is 1.80. The van der Waals surface area contributed by atoms with Crippen LogP contribution in [0.3, 0.4) is 0 Å². The fourth-order valence-corrected chi connectivity index (χ4v) is 3.69. The van der Waals surface area contributed by atoms with E-state index < -0.39 is 6.04 Å². The molecule has 1 aromatic carbocycles. The zero-order valence-electron chi connectivity index (χ0n) is 12.8. The lowest BCUT2D eigenvalue weighted by Crippen LogP contribution is -2.43. The summed E-state index contributed by atoms with van der Waals surface area (Å²) in [7, 11) is 1.66. The van der Waals surface area contributed by atoms with E-state index in [1.54, 1.807) is 30.3 Å². The van der Waals surface area contributed by atoms with Crippen LogP contribution in [0.1, 0.15) is 22.5 Å². The summed E-state index contributed by atoms with van der Waals surface area (Å²) in [4.78, 5) is 28.4. The maximum absolute atomic E-state index is 12.7. The van der Waals surface area contributed by atoms with E-state index in [9.17, 15) is 9.59 Å². The molecule has 0 aliphatic carbocycles. The average Bonchev–Trinajstić information content (AvgIpc) is 3.12. The molecule has 0 N–H and O–H groups in total. The number of nitrogens with zero attached hydrogens (tertiary/aromatic N) is 3. The lowest BCUT2D eigenvalue weighted by atomic mass is 10.1. The molecule has 0 bridgehead atoms. The minimum atomic E-state index is -0.474. The predicted molar refractivity (Wildman–Crippen MR) is 91.2 cm³/mol. The van der Waals surface area contributed by atoms with Crippen molar-refractivity contribution >= 4 is 40.6 Å². The third kappa shape index (κ3) is 2.84. The molecule has 23 heavy (non-hydrogen) atoms. The summed E-state index contributed by atoms with van der Waals surface area (Å²) < 4.78 is 4.12. The van der Waals surface area contributed by atoms with Gasteiger partial charge in [-0.05, 0) is 37.0 Å². The molecule has 1 aliphatic rings. The van der Waals surface area contributed by atoms with Gasteiger partial charge in [0.05, 0.1) is 22.0 Å². The number of benzene rings is 1. The number of carbonyl (C=O) groups is 2. The smallest absolute Gasteiger partial charge is 0.257 e. The molecule has 7 heteroatoms. The van der Waals surface area contributed by atoms with E-state index in [1.807, 2.05) is 18.2 Å². The first-order valence-corrected chi connectivity index (χ1v) is 8.46. The molecule has 3 rings (SSSR count). The molecule has 2 amide bonds. The Morgan fingerprint density at radius 2 is 2.17 bits per heavy atom. The van der Waals surface area contributed by atoms with E-state index in [0.29, 0.717) is 34.9 Å². The Kier molecular flexibility index (Phi) is 4.37. The van der Waals surface area contributed by atoms with Crippen molar-refractivity contribution in [2.45, 2.75) is 19.4 Å². The Morgan fingerprint density at radius 1 is 1.43 bits per heavy atom. The van der Waals surface area contributed by atoms with Gasteiger partial charge < -0.3 is 9.80 Å². The van der Waals surface area contributed by atoms with Crippen LogP contribution in [-0.2, 0) is 4.79 Å². The highest BCUT2D eigenvalue weighted by Gasteiger charge is 2.38. The maximum Gasteiger partial charge on any atom is 0.257 e. The number of aryl methyl sites for hydroxylation is 1. The summed E-state index contributed by atoms with van der Waals surface area (Å²) in [6, 6.07) is 6.77. The topological polar surface area (TPSA) is 53.5 Å². The SMILES string of the molecule is Cc1nscc1C(=O)N(C)C1CCN(c2ccccc2Cl)C1=O. The van der Waals surface area contributed by atoms with Gasteiger partial charge in [-0.15, -0.1) is 0 Å². The van der Waals surface area contributed by atoms with Crippen LogP contribution in [0.25, 0.3) is 0 Å². The van der Waals surface area contributed by atoms with Gasteiger partial charge in [0.2, 0.25) is 5.91 Å². The van der Waals surface area contributed by atoms with Crippen molar-refractivity contribution < 1.29 is 9.59 Å². The van der Waals surface area contributed by atoms with Crippen molar-refractivity contribution in [2.75, 3.05) is 18.5 Å². The summed E-state index contributed by atoms with van der Waals surface area (Å²) in [5.41, 5.74) is 1.94. The van der Waals surface area contributed by atoms with E-state index in [1.165, 1.54) is 16.4 Å². The highest BCUT2D eigenvalue weighted by Crippen LogP contribution is 2.30. The van der Waals surface area contributed by atoms with Crippen LogP contribution in [0.5, 0.6) is 0 Å². The molecule has 0 spiro atoms. The lowest BCUT2D eigenvalue weighted by molar-refractivity contribution is -0.120. The van der Waals surface area contributed by atoms with Crippen molar-refractivity contribution in [1.29, 1.82) is 0 Å². The van der Waals surface area contributed by atoms with E-state index in [-0.39, 0.29) is 11.8 Å². The average molecular weight is 350 g/mol. The van der Waals surface area contributed by atoms with E-state index >= 15 is 0 Å². The van der Waals surface area contributed by atoms with Crippen LogP contribution in [-0.4, -0.2) is 40.7 Å². The van der Waals surface area contributed by atoms with Crippen LogP contribution >= 0.6 is 23.1 Å². The number of anilines is 1. The zero-order chi connectivity index (χ0) is 16.6. The van der Waals surface area contributed by atoms with E-state index in [4.69, 9.17) is 11.6 Å². The van der Waals surface area contributed by atoms with Crippen LogP contribution in [0.15, 0.2) is 29.6 Å². The minimum absolute atomic E-state index is 0.102. The molecule has 1 aromatic heterocycles. The summed E-state index contributed by atoms with van der Waals surface area (Å²) in [6.45, 7) is 2.34. The molecule has 1 unspecified atom stereocenters. The first-order chi connectivity index (χ1) is 11.0. The molecule has 2 aromatic rings. The summed E-state index contributed by atoms with van der Waals surface area (Å²) in [5, 5.41) is 2.26. The third-order valence-corrected chi connectivity index (χ3v) is 5.13. The largest absolute Gasteiger partial charge is 0.330 e. The van der Waals surface area contributed by atoms with E-state index in [0.717, 1.165) is 0 Å². The first-order valence-electron chi connectivity index (χ1n) is 7.24. The van der Waals surface area contributed by atoms with Gasteiger partial charge in [0.15, 0.2) is 0 Å². The quantitative estimate of drug-likeness (QED) is 0.856. The van der Waals surface area contributed by atoms with Gasteiger partial charge in [-0.2, -0.15) is 4.37 Å². The number of likely N-dealkylation sites (N-methyl/N-ethyl adjacent to an activating group) is 1. The predicted octanol–water partition coefficient (Wildman–Crippen LogP) is 2.98. The number of amides is 2.